The first-order valence-electron chi connectivity index (χ1n) is 9.49. The van der Waals surface area contributed by atoms with Crippen molar-refractivity contribution >= 4 is 5.69 Å². The van der Waals surface area contributed by atoms with Gasteiger partial charge < -0.3 is 14.4 Å². The first-order chi connectivity index (χ1) is 12.5. The number of hydrogen-bond acceptors (Lipinski definition) is 5. The van der Waals surface area contributed by atoms with Crippen LogP contribution in [0.5, 0.6) is 5.75 Å². The molecule has 0 amide bonds. The van der Waals surface area contributed by atoms with Gasteiger partial charge in [0.25, 0.3) is 0 Å². The number of nitrogens with zero attached hydrogens (tertiary/aromatic N) is 4. The number of aromatic nitrogens is 3. The lowest BCUT2D eigenvalue weighted by atomic mass is 9.84. The van der Waals surface area contributed by atoms with Gasteiger partial charge in [-0.2, -0.15) is 0 Å². The fourth-order valence-corrected chi connectivity index (χ4v) is 3.93. The van der Waals surface area contributed by atoms with Crippen molar-refractivity contribution in [2.75, 3.05) is 31.7 Å². The molecule has 4 rings (SSSR count). The standard InChI is InChI=1S/C20H28N4O2/c1-20(2)13-23(14-20)15-7-8-17(19(10-15)25-3)18-12-24(22-21-18)11-16-6-4-5-9-26-16/h7-8,10,12,16H,4-6,9,11,13-14H2,1-3H3/t16-/m1/s1. The summed E-state index contributed by atoms with van der Waals surface area (Å²) in [4.78, 5) is 2.38. The molecule has 0 N–H and O–H groups in total. The monoisotopic (exact) mass is 356 g/mol. The van der Waals surface area contributed by atoms with E-state index in [1.807, 2.05) is 10.9 Å². The Bertz CT molecular complexity index is 757. The van der Waals surface area contributed by atoms with E-state index in [0.29, 0.717) is 5.41 Å². The van der Waals surface area contributed by atoms with Crippen LogP contribution in [0.4, 0.5) is 5.69 Å². The maximum atomic E-state index is 5.80. The molecule has 1 aromatic carbocycles. The fraction of sp³-hybridized carbons (Fsp3) is 0.600. The topological polar surface area (TPSA) is 52.4 Å². The number of ether oxygens (including phenoxy) is 2. The Morgan fingerprint density at radius 3 is 2.81 bits per heavy atom. The van der Waals surface area contributed by atoms with Crippen molar-refractivity contribution in [1.29, 1.82) is 0 Å². The zero-order valence-corrected chi connectivity index (χ0v) is 15.9. The average molecular weight is 356 g/mol. The smallest absolute Gasteiger partial charge is 0.130 e. The molecule has 2 fully saturated rings. The molecule has 3 heterocycles. The Morgan fingerprint density at radius 1 is 1.27 bits per heavy atom. The van der Waals surface area contributed by atoms with Gasteiger partial charge in [-0.1, -0.05) is 19.1 Å². The van der Waals surface area contributed by atoms with E-state index in [9.17, 15) is 0 Å². The lowest BCUT2D eigenvalue weighted by Gasteiger charge is -2.47. The molecule has 0 saturated carbocycles. The van der Waals surface area contributed by atoms with E-state index in [4.69, 9.17) is 9.47 Å². The summed E-state index contributed by atoms with van der Waals surface area (Å²) in [5, 5.41) is 8.64. The van der Waals surface area contributed by atoms with Gasteiger partial charge in [0.15, 0.2) is 0 Å². The zero-order valence-electron chi connectivity index (χ0n) is 15.9. The van der Waals surface area contributed by atoms with E-state index in [2.05, 4.69) is 47.3 Å². The zero-order chi connectivity index (χ0) is 18.1. The van der Waals surface area contributed by atoms with Crippen LogP contribution in [0.1, 0.15) is 33.1 Å². The van der Waals surface area contributed by atoms with Gasteiger partial charge >= 0.3 is 0 Å². The van der Waals surface area contributed by atoms with Gasteiger partial charge in [0, 0.05) is 37.0 Å². The lowest BCUT2D eigenvalue weighted by molar-refractivity contribution is 0.00370. The van der Waals surface area contributed by atoms with Crippen molar-refractivity contribution in [3.05, 3.63) is 24.4 Å². The van der Waals surface area contributed by atoms with Crippen molar-refractivity contribution < 1.29 is 9.47 Å². The summed E-state index contributed by atoms with van der Waals surface area (Å²) in [7, 11) is 1.71. The molecule has 140 valence electrons. The Hall–Kier alpha value is -2.08. The summed E-state index contributed by atoms with van der Waals surface area (Å²) in [5.74, 6) is 0.841. The maximum Gasteiger partial charge on any atom is 0.130 e. The van der Waals surface area contributed by atoms with Gasteiger partial charge in [0.1, 0.15) is 11.4 Å². The average Bonchev–Trinajstić information content (AvgIpc) is 3.08. The number of hydrogen-bond donors (Lipinski definition) is 0. The third kappa shape index (κ3) is 3.56. The van der Waals surface area contributed by atoms with Crippen LogP contribution in [0.25, 0.3) is 11.3 Å². The second kappa shape index (κ2) is 6.91. The normalized spacial score (nSPS) is 22.1. The number of anilines is 1. The lowest BCUT2D eigenvalue weighted by Crippen LogP contribution is -2.53. The van der Waals surface area contributed by atoms with E-state index >= 15 is 0 Å². The van der Waals surface area contributed by atoms with E-state index in [1.54, 1.807) is 7.11 Å². The number of benzene rings is 1. The third-order valence-electron chi connectivity index (χ3n) is 5.27. The van der Waals surface area contributed by atoms with Crippen LogP contribution in [0.15, 0.2) is 24.4 Å². The van der Waals surface area contributed by atoms with E-state index in [-0.39, 0.29) is 6.10 Å². The van der Waals surface area contributed by atoms with Crippen LogP contribution in [0.2, 0.25) is 0 Å². The van der Waals surface area contributed by atoms with E-state index < -0.39 is 0 Å². The van der Waals surface area contributed by atoms with Crippen molar-refractivity contribution in [3.63, 3.8) is 0 Å². The highest BCUT2D eigenvalue weighted by Gasteiger charge is 2.34. The van der Waals surface area contributed by atoms with Crippen molar-refractivity contribution in [2.24, 2.45) is 5.41 Å². The van der Waals surface area contributed by atoms with Crippen molar-refractivity contribution in [2.45, 2.75) is 45.8 Å². The minimum atomic E-state index is 0.248. The van der Waals surface area contributed by atoms with Crippen molar-refractivity contribution in [3.8, 4) is 17.0 Å². The van der Waals surface area contributed by atoms with Crippen LogP contribution in [0, 0.1) is 5.41 Å². The minimum Gasteiger partial charge on any atom is -0.496 e. The van der Waals surface area contributed by atoms with Crippen LogP contribution < -0.4 is 9.64 Å². The molecule has 0 unspecified atom stereocenters. The van der Waals surface area contributed by atoms with Gasteiger partial charge in [0.05, 0.1) is 26.0 Å². The highest BCUT2D eigenvalue weighted by atomic mass is 16.5. The molecular weight excluding hydrogens is 328 g/mol. The molecule has 2 aliphatic heterocycles. The fourth-order valence-electron chi connectivity index (χ4n) is 3.93. The number of rotatable bonds is 5. The second-order valence-corrected chi connectivity index (χ2v) is 8.22. The molecule has 2 saturated heterocycles. The molecule has 0 radical (unpaired) electrons. The summed E-state index contributed by atoms with van der Waals surface area (Å²) in [5.41, 5.74) is 3.42. The van der Waals surface area contributed by atoms with E-state index in [1.165, 1.54) is 12.1 Å². The Balaban J connectivity index is 1.50. The van der Waals surface area contributed by atoms with Gasteiger partial charge in [0.2, 0.25) is 0 Å². The second-order valence-electron chi connectivity index (χ2n) is 8.22. The number of methoxy groups -OCH3 is 1. The molecular formula is C20H28N4O2. The van der Waals surface area contributed by atoms with Crippen LogP contribution in [0.3, 0.4) is 0 Å². The first-order valence-corrected chi connectivity index (χ1v) is 9.49. The predicted molar refractivity (Wildman–Crippen MR) is 102 cm³/mol. The summed E-state index contributed by atoms with van der Waals surface area (Å²) < 4.78 is 13.3. The molecule has 0 aliphatic carbocycles. The molecule has 1 aromatic heterocycles. The molecule has 6 nitrogen and oxygen atoms in total. The highest BCUT2D eigenvalue weighted by Crippen LogP contribution is 2.38. The maximum absolute atomic E-state index is 5.80. The summed E-state index contributed by atoms with van der Waals surface area (Å²) >= 11 is 0. The third-order valence-corrected chi connectivity index (χ3v) is 5.27. The Labute approximate surface area is 155 Å². The molecule has 2 aromatic rings. The summed E-state index contributed by atoms with van der Waals surface area (Å²) in [6.07, 6.45) is 5.73. The van der Waals surface area contributed by atoms with Gasteiger partial charge in [-0.25, -0.2) is 4.68 Å². The molecule has 0 bridgehead atoms. The Kier molecular flexibility index (Phi) is 4.61. The first kappa shape index (κ1) is 17.3. The summed E-state index contributed by atoms with van der Waals surface area (Å²) in [6.45, 7) is 8.36. The predicted octanol–water partition coefficient (Wildman–Crippen LogP) is 3.37. The molecule has 1 atom stereocenters. The largest absolute Gasteiger partial charge is 0.496 e. The Morgan fingerprint density at radius 2 is 2.12 bits per heavy atom. The molecule has 26 heavy (non-hydrogen) atoms. The van der Waals surface area contributed by atoms with Crippen molar-refractivity contribution in [1.82, 2.24) is 15.0 Å². The van der Waals surface area contributed by atoms with Gasteiger partial charge in [-0.05, 0) is 36.8 Å². The molecule has 0 spiro atoms. The van der Waals surface area contributed by atoms with Gasteiger partial charge in [-0.15, -0.1) is 5.10 Å². The highest BCUT2D eigenvalue weighted by molar-refractivity contribution is 5.71. The minimum absolute atomic E-state index is 0.248. The summed E-state index contributed by atoms with van der Waals surface area (Å²) in [6, 6.07) is 6.34. The molecule has 2 aliphatic rings. The van der Waals surface area contributed by atoms with Gasteiger partial charge in [-0.3, -0.25) is 0 Å². The van der Waals surface area contributed by atoms with Crippen LogP contribution >= 0.6 is 0 Å². The van der Waals surface area contributed by atoms with E-state index in [0.717, 1.165) is 56.1 Å². The molecule has 6 heteroatoms. The van der Waals surface area contributed by atoms with Crippen LogP contribution in [-0.2, 0) is 11.3 Å². The SMILES string of the molecule is COc1cc(N2CC(C)(C)C2)ccc1-c1cn(C[C@H]2CCCCO2)nn1. The van der Waals surface area contributed by atoms with Crippen LogP contribution in [-0.4, -0.2) is 47.9 Å². The quantitative estimate of drug-likeness (QED) is 0.822.